The molecule has 1 saturated carbocycles. The SMILES string of the molecule is CCc1cc(COC2(CN)CCCC2)n(CC)n1. The summed E-state index contributed by atoms with van der Waals surface area (Å²) < 4.78 is 8.18. The Morgan fingerprint density at radius 2 is 2.11 bits per heavy atom. The van der Waals surface area contributed by atoms with Crippen LogP contribution in [0.4, 0.5) is 0 Å². The van der Waals surface area contributed by atoms with Gasteiger partial charge in [0.2, 0.25) is 0 Å². The Labute approximate surface area is 110 Å². The van der Waals surface area contributed by atoms with Crippen molar-refractivity contribution in [3.63, 3.8) is 0 Å². The van der Waals surface area contributed by atoms with Crippen LogP contribution in [0.1, 0.15) is 50.9 Å². The zero-order valence-electron chi connectivity index (χ0n) is 11.6. The van der Waals surface area contributed by atoms with Crippen LogP contribution in [-0.4, -0.2) is 21.9 Å². The van der Waals surface area contributed by atoms with Crippen LogP contribution in [0.2, 0.25) is 0 Å². The molecule has 0 atom stereocenters. The van der Waals surface area contributed by atoms with Crippen molar-refractivity contribution < 1.29 is 4.74 Å². The number of hydrogen-bond donors (Lipinski definition) is 1. The topological polar surface area (TPSA) is 53.1 Å². The lowest BCUT2D eigenvalue weighted by Gasteiger charge is -2.27. The number of aryl methyl sites for hydroxylation is 2. The lowest BCUT2D eigenvalue weighted by Crippen LogP contribution is -2.37. The van der Waals surface area contributed by atoms with Crippen LogP contribution in [0.3, 0.4) is 0 Å². The fraction of sp³-hybridized carbons (Fsp3) is 0.786. The van der Waals surface area contributed by atoms with Crippen molar-refractivity contribution in [3.8, 4) is 0 Å². The van der Waals surface area contributed by atoms with Crippen LogP contribution in [0.25, 0.3) is 0 Å². The summed E-state index contributed by atoms with van der Waals surface area (Å²) in [5.74, 6) is 0. The molecule has 1 aromatic rings. The predicted octanol–water partition coefficient (Wildman–Crippen LogP) is 2.25. The molecule has 2 N–H and O–H groups in total. The molecule has 102 valence electrons. The van der Waals surface area contributed by atoms with E-state index in [0.29, 0.717) is 13.2 Å². The smallest absolute Gasteiger partial charge is 0.0893 e. The second kappa shape index (κ2) is 5.85. The van der Waals surface area contributed by atoms with Crippen LogP contribution < -0.4 is 5.73 Å². The molecular weight excluding hydrogens is 226 g/mol. The molecule has 0 bridgehead atoms. The van der Waals surface area contributed by atoms with E-state index in [1.807, 2.05) is 4.68 Å². The fourth-order valence-electron chi connectivity index (χ4n) is 2.73. The molecule has 0 radical (unpaired) electrons. The average Bonchev–Trinajstić information content (AvgIpc) is 3.03. The lowest BCUT2D eigenvalue weighted by molar-refractivity contribution is -0.0474. The highest BCUT2D eigenvalue weighted by atomic mass is 16.5. The van der Waals surface area contributed by atoms with Crippen molar-refractivity contribution in [2.75, 3.05) is 6.54 Å². The molecule has 0 spiro atoms. The average molecular weight is 251 g/mol. The largest absolute Gasteiger partial charge is 0.367 e. The summed E-state index contributed by atoms with van der Waals surface area (Å²) in [5.41, 5.74) is 8.13. The van der Waals surface area contributed by atoms with Gasteiger partial charge in [-0.15, -0.1) is 0 Å². The minimum atomic E-state index is -0.0742. The van der Waals surface area contributed by atoms with Crippen LogP contribution in [-0.2, 0) is 24.3 Å². The first kappa shape index (κ1) is 13.6. The van der Waals surface area contributed by atoms with E-state index in [-0.39, 0.29) is 5.60 Å². The van der Waals surface area contributed by atoms with Gasteiger partial charge in [0.25, 0.3) is 0 Å². The van der Waals surface area contributed by atoms with Gasteiger partial charge in [-0.05, 0) is 32.3 Å². The van der Waals surface area contributed by atoms with E-state index >= 15 is 0 Å². The Balaban J connectivity index is 2.02. The van der Waals surface area contributed by atoms with Gasteiger partial charge in [0.05, 0.1) is 23.6 Å². The Morgan fingerprint density at radius 3 is 2.67 bits per heavy atom. The highest BCUT2D eigenvalue weighted by Gasteiger charge is 2.33. The van der Waals surface area contributed by atoms with Gasteiger partial charge >= 0.3 is 0 Å². The Morgan fingerprint density at radius 1 is 1.39 bits per heavy atom. The van der Waals surface area contributed by atoms with Crippen LogP contribution >= 0.6 is 0 Å². The van der Waals surface area contributed by atoms with Gasteiger partial charge in [-0.2, -0.15) is 5.10 Å². The number of ether oxygens (including phenoxy) is 1. The maximum atomic E-state index is 6.14. The molecule has 1 aliphatic carbocycles. The third-order valence-electron chi connectivity index (χ3n) is 3.99. The van der Waals surface area contributed by atoms with Gasteiger partial charge in [-0.3, -0.25) is 4.68 Å². The van der Waals surface area contributed by atoms with Crippen molar-refractivity contribution >= 4 is 0 Å². The van der Waals surface area contributed by atoms with E-state index in [1.165, 1.54) is 18.5 Å². The van der Waals surface area contributed by atoms with Crippen LogP contribution in [0.5, 0.6) is 0 Å². The molecule has 0 unspecified atom stereocenters. The fourth-order valence-corrected chi connectivity index (χ4v) is 2.73. The van der Waals surface area contributed by atoms with Crippen molar-refractivity contribution in [2.24, 2.45) is 5.73 Å². The molecule has 18 heavy (non-hydrogen) atoms. The summed E-state index contributed by atoms with van der Waals surface area (Å²) >= 11 is 0. The Hall–Kier alpha value is -0.870. The highest BCUT2D eigenvalue weighted by Crippen LogP contribution is 2.33. The first-order valence-corrected chi connectivity index (χ1v) is 7.12. The molecule has 0 amide bonds. The predicted molar refractivity (Wildman–Crippen MR) is 72.3 cm³/mol. The monoisotopic (exact) mass is 251 g/mol. The first-order chi connectivity index (χ1) is 8.73. The summed E-state index contributed by atoms with van der Waals surface area (Å²) in [6.45, 7) is 6.41. The van der Waals surface area contributed by atoms with Gasteiger partial charge in [0, 0.05) is 13.1 Å². The van der Waals surface area contributed by atoms with Crippen LogP contribution in [0, 0.1) is 0 Å². The number of rotatable bonds is 6. The Kier molecular flexibility index (Phi) is 4.40. The maximum Gasteiger partial charge on any atom is 0.0893 e. The van der Waals surface area contributed by atoms with Crippen molar-refractivity contribution in [1.29, 1.82) is 0 Å². The van der Waals surface area contributed by atoms with Crippen LogP contribution in [0.15, 0.2) is 6.07 Å². The second-order valence-corrected chi connectivity index (χ2v) is 5.18. The molecule has 1 aromatic heterocycles. The summed E-state index contributed by atoms with van der Waals surface area (Å²) in [7, 11) is 0. The van der Waals surface area contributed by atoms with Gasteiger partial charge in [0.15, 0.2) is 0 Å². The van der Waals surface area contributed by atoms with E-state index < -0.39 is 0 Å². The second-order valence-electron chi connectivity index (χ2n) is 5.18. The minimum absolute atomic E-state index is 0.0742. The summed E-state index contributed by atoms with van der Waals surface area (Å²) in [6.07, 6.45) is 5.66. The number of hydrogen-bond acceptors (Lipinski definition) is 3. The van der Waals surface area contributed by atoms with Crippen molar-refractivity contribution in [3.05, 3.63) is 17.5 Å². The zero-order valence-corrected chi connectivity index (χ0v) is 11.6. The normalized spacial score (nSPS) is 18.4. The molecule has 4 nitrogen and oxygen atoms in total. The standard InChI is InChI=1S/C14H25N3O/c1-3-12-9-13(17(4-2)16-12)10-18-14(11-15)7-5-6-8-14/h9H,3-8,10-11,15H2,1-2H3. The quantitative estimate of drug-likeness (QED) is 0.843. The zero-order chi connectivity index (χ0) is 13.0. The van der Waals surface area contributed by atoms with E-state index in [1.54, 1.807) is 0 Å². The molecule has 0 aromatic carbocycles. The van der Waals surface area contributed by atoms with E-state index in [2.05, 4.69) is 25.0 Å². The number of nitrogens with zero attached hydrogens (tertiary/aromatic N) is 2. The third-order valence-corrected chi connectivity index (χ3v) is 3.99. The molecule has 0 saturated heterocycles. The summed E-state index contributed by atoms with van der Waals surface area (Å²) in [6, 6.07) is 2.16. The molecule has 2 rings (SSSR count). The molecule has 1 heterocycles. The van der Waals surface area contributed by atoms with E-state index in [4.69, 9.17) is 10.5 Å². The van der Waals surface area contributed by atoms with Gasteiger partial charge in [-0.1, -0.05) is 19.8 Å². The van der Waals surface area contributed by atoms with Crippen molar-refractivity contribution in [1.82, 2.24) is 9.78 Å². The van der Waals surface area contributed by atoms with E-state index in [9.17, 15) is 0 Å². The first-order valence-electron chi connectivity index (χ1n) is 7.12. The summed E-state index contributed by atoms with van der Waals surface area (Å²) in [4.78, 5) is 0. The molecule has 4 heteroatoms. The molecule has 1 aliphatic rings. The third kappa shape index (κ3) is 2.75. The lowest BCUT2D eigenvalue weighted by atomic mass is 10.0. The van der Waals surface area contributed by atoms with Crippen molar-refractivity contribution in [2.45, 2.75) is 64.7 Å². The van der Waals surface area contributed by atoms with Gasteiger partial charge in [-0.25, -0.2) is 0 Å². The van der Waals surface area contributed by atoms with Gasteiger partial charge in [0.1, 0.15) is 0 Å². The molecule has 0 aliphatic heterocycles. The van der Waals surface area contributed by atoms with Gasteiger partial charge < -0.3 is 10.5 Å². The van der Waals surface area contributed by atoms with E-state index in [0.717, 1.165) is 31.5 Å². The Bertz CT molecular complexity index is 380. The minimum Gasteiger partial charge on any atom is -0.367 e. The molecular formula is C14H25N3O. The number of nitrogens with two attached hydrogens (primary N) is 1. The molecule has 1 fully saturated rings. The maximum absolute atomic E-state index is 6.14. The number of aromatic nitrogens is 2. The summed E-state index contributed by atoms with van der Waals surface area (Å²) in [5, 5.41) is 4.55. The highest BCUT2D eigenvalue weighted by molar-refractivity contribution is 5.10.